The first kappa shape index (κ1) is 15.5. The van der Waals surface area contributed by atoms with Crippen molar-refractivity contribution >= 4 is 5.91 Å². The van der Waals surface area contributed by atoms with Crippen molar-refractivity contribution in [2.24, 2.45) is 5.41 Å². The molecule has 1 aromatic rings. The Kier molecular flexibility index (Phi) is 3.76. The van der Waals surface area contributed by atoms with Crippen molar-refractivity contribution in [2.75, 3.05) is 19.6 Å². The molecule has 1 N–H and O–H groups in total. The van der Waals surface area contributed by atoms with Gasteiger partial charge in [-0.2, -0.15) is 0 Å². The van der Waals surface area contributed by atoms with Crippen molar-refractivity contribution in [1.29, 1.82) is 0 Å². The molecule has 0 saturated carbocycles. The Morgan fingerprint density at radius 3 is 2.64 bits per heavy atom. The molecule has 0 aliphatic carbocycles. The minimum atomic E-state index is -0.492. The zero-order chi connectivity index (χ0) is 16.0. The molecule has 2 fully saturated rings. The maximum absolute atomic E-state index is 14.4. The highest BCUT2D eigenvalue weighted by atomic mass is 19.1. The summed E-state index contributed by atoms with van der Waals surface area (Å²) in [5, 5.41) is 3.37. The van der Waals surface area contributed by atoms with Gasteiger partial charge in [0.15, 0.2) is 0 Å². The van der Waals surface area contributed by atoms with Crippen LogP contribution in [0.4, 0.5) is 4.39 Å². The smallest absolute Gasteiger partial charge is 0.231 e. The molecule has 2 aliphatic heterocycles. The number of rotatable bonds is 1. The number of hydrogen-bond acceptors (Lipinski definition) is 2. The average molecular weight is 304 g/mol. The van der Waals surface area contributed by atoms with Crippen molar-refractivity contribution in [1.82, 2.24) is 10.2 Å². The molecular formula is C18H25FN2O. The lowest BCUT2D eigenvalue weighted by Gasteiger charge is -2.38. The van der Waals surface area contributed by atoms with Crippen molar-refractivity contribution in [3.05, 3.63) is 35.6 Å². The van der Waals surface area contributed by atoms with Crippen LogP contribution >= 0.6 is 0 Å². The molecule has 2 aliphatic rings. The number of likely N-dealkylation sites (tertiary alicyclic amines) is 1. The maximum Gasteiger partial charge on any atom is 0.231 e. The Hall–Kier alpha value is -1.42. The van der Waals surface area contributed by atoms with Gasteiger partial charge in [0.05, 0.1) is 5.41 Å². The summed E-state index contributed by atoms with van der Waals surface area (Å²) in [4.78, 5) is 15.1. The fourth-order valence-electron chi connectivity index (χ4n) is 4.00. The van der Waals surface area contributed by atoms with Gasteiger partial charge in [-0.05, 0) is 51.8 Å². The summed E-state index contributed by atoms with van der Waals surface area (Å²) in [6.45, 7) is 8.35. The van der Waals surface area contributed by atoms with E-state index in [0.717, 1.165) is 19.4 Å². The fraction of sp³-hybridized carbons (Fsp3) is 0.611. The van der Waals surface area contributed by atoms with Crippen LogP contribution < -0.4 is 5.32 Å². The van der Waals surface area contributed by atoms with Crippen LogP contribution in [0.3, 0.4) is 0 Å². The zero-order valence-corrected chi connectivity index (χ0v) is 13.7. The van der Waals surface area contributed by atoms with Crippen LogP contribution in [0.25, 0.3) is 0 Å². The summed E-state index contributed by atoms with van der Waals surface area (Å²) in [6.07, 6.45) is 1.80. The first-order valence-electron chi connectivity index (χ1n) is 8.13. The molecule has 0 aromatic heterocycles. The van der Waals surface area contributed by atoms with Crippen LogP contribution in [-0.2, 0) is 4.79 Å². The molecule has 4 heteroatoms. The van der Waals surface area contributed by atoms with E-state index in [2.05, 4.69) is 26.1 Å². The van der Waals surface area contributed by atoms with Gasteiger partial charge in [-0.1, -0.05) is 18.2 Å². The van der Waals surface area contributed by atoms with E-state index in [9.17, 15) is 9.18 Å². The van der Waals surface area contributed by atoms with Gasteiger partial charge < -0.3 is 10.2 Å². The second-order valence-corrected chi connectivity index (χ2v) is 7.60. The molecule has 3 rings (SSSR count). The first-order chi connectivity index (χ1) is 10.4. The van der Waals surface area contributed by atoms with E-state index in [4.69, 9.17) is 0 Å². The lowest BCUT2D eigenvalue weighted by Crippen LogP contribution is -2.50. The van der Waals surface area contributed by atoms with Crippen LogP contribution in [0.1, 0.15) is 45.1 Å². The van der Waals surface area contributed by atoms with E-state index in [0.29, 0.717) is 18.7 Å². The Morgan fingerprint density at radius 2 is 2.05 bits per heavy atom. The van der Waals surface area contributed by atoms with Gasteiger partial charge >= 0.3 is 0 Å². The summed E-state index contributed by atoms with van der Waals surface area (Å²) < 4.78 is 14.4. The predicted molar refractivity (Wildman–Crippen MR) is 85.1 cm³/mol. The third-order valence-electron chi connectivity index (χ3n) is 5.21. The predicted octanol–water partition coefficient (Wildman–Crippen LogP) is 2.92. The van der Waals surface area contributed by atoms with Gasteiger partial charge in [-0.3, -0.25) is 4.79 Å². The number of piperidine rings is 1. The van der Waals surface area contributed by atoms with Gasteiger partial charge in [0.25, 0.3) is 0 Å². The lowest BCUT2D eigenvalue weighted by atomic mass is 9.69. The summed E-state index contributed by atoms with van der Waals surface area (Å²) in [6, 6.07) is 6.93. The number of carbonyl (C=O) groups excluding carboxylic acids is 1. The lowest BCUT2D eigenvalue weighted by molar-refractivity contribution is -0.141. The summed E-state index contributed by atoms with van der Waals surface area (Å²) >= 11 is 0. The maximum atomic E-state index is 14.4. The van der Waals surface area contributed by atoms with Crippen LogP contribution in [0.15, 0.2) is 24.3 Å². The van der Waals surface area contributed by atoms with Gasteiger partial charge in [0, 0.05) is 24.5 Å². The van der Waals surface area contributed by atoms with Crippen molar-refractivity contribution in [2.45, 2.75) is 45.1 Å². The highest BCUT2D eigenvalue weighted by molar-refractivity contribution is 5.87. The summed E-state index contributed by atoms with van der Waals surface area (Å²) in [7, 11) is 0. The van der Waals surface area contributed by atoms with Crippen molar-refractivity contribution in [3.63, 3.8) is 0 Å². The van der Waals surface area contributed by atoms with Gasteiger partial charge in [-0.15, -0.1) is 0 Å². The quantitative estimate of drug-likeness (QED) is 0.865. The molecule has 1 spiro atoms. The van der Waals surface area contributed by atoms with Crippen LogP contribution in [-0.4, -0.2) is 36.0 Å². The van der Waals surface area contributed by atoms with Gasteiger partial charge in [-0.25, -0.2) is 4.39 Å². The summed E-state index contributed by atoms with van der Waals surface area (Å²) in [5.74, 6) is -0.0883. The Balaban J connectivity index is 2.06. The second kappa shape index (κ2) is 5.34. The molecule has 1 aromatic carbocycles. The summed E-state index contributed by atoms with van der Waals surface area (Å²) in [5.41, 5.74) is -0.0405. The zero-order valence-electron chi connectivity index (χ0n) is 13.7. The Labute approximate surface area is 131 Å². The molecule has 2 atom stereocenters. The van der Waals surface area contributed by atoms with E-state index in [1.165, 1.54) is 6.07 Å². The second-order valence-electron chi connectivity index (χ2n) is 7.60. The van der Waals surface area contributed by atoms with E-state index in [1.807, 2.05) is 17.0 Å². The number of halogens is 1. The fourth-order valence-corrected chi connectivity index (χ4v) is 4.00. The standard InChI is InChI=1S/C18H25FN2O/c1-17(2,3)21-11-14(13-7-4-5-8-15(13)19)18(16(21)22)9-6-10-20-12-18/h4-5,7-8,14,20H,6,9-12H2,1-3H3/t14-,18-/m1/s1. The molecular weight excluding hydrogens is 279 g/mol. The molecule has 120 valence electrons. The number of nitrogens with one attached hydrogen (secondary N) is 1. The minimum Gasteiger partial charge on any atom is -0.337 e. The largest absolute Gasteiger partial charge is 0.337 e. The molecule has 3 nitrogen and oxygen atoms in total. The Bertz CT molecular complexity index is 573. The van der Waals surface area contributed by atoms with Crippen molar-refractivity contribution in [3.8, 4) is 0 Å². The number of nitrogens with zero attached hydrogens (tertiary/aromatic N) is 1. The van der Waals surface area contributed by atoms with Crippen LogP contribution in [0.5, 0.6) is 0 Å². The topological polar surface area (TPSA) is 32.3 Å². The molecule has 0 unspecified atom stereocenters. The number of hydrogen-bond donors (Lipinski definition) is 1. The first-order valence-corrected chi connectivity index (χ1v) is 8.13. The minimum absolute atomic E-state index is 0.0757. The van der Waals surface area contributed by atoms with E-state index >= 15 is 0 Å². The number of carbonyl (C=O) groups is 1. The highest BCUT2D eigenvalue weighted by Gasteiger charge is 2.56. The monoisotopic (exact) mass is 304 g/mol. The molecule has 1 amide bonds. The highest BCUT2D eigenvalue weighted by Crippen LogP contribution is 2.50. The third-order valence-corrected chi connectivity index (χ3v) is 5.21. The molecule has 2 saturated heterocycles. The van der Waals surface area contributed by atoms with E-state index in [-0.39, 0.29) is 23.2 Å². The molecule has 0 radical (unpaired) electrons. The van der Waals surface area contributed by atoms with E-state index < -0.39 is 5.41 Å². The molecule has 22 heavy (non-hydrogen) atoms. The van der Waals surface area contributed by atoms with Gasteiger partial charge in [0.2, 0.25) is 5.91 Å². The number of amides is 1. The van der Waals surface area contributed by atoms with Crippen molar-refractivity contribution < 1.29 is 9.18 Å². The molecule has 0 bridgehead atoms. The van der Waals surface area contributed by atoms with Crippen LogP contribution in [0, 0.1) is 11.2 Å². The van der Waals surface area contributed by atoms with Gasteiger partial charge in [0.1, 0.15) is 5.82 Å². The normalized spacial score (nSPS) is 29.4. The molecule has 2 heterocycles. The SMILES string of the molecule is CC(C)(C)N1C[C@H](c2ccccc2F)[C@]2(CCCNC2)C1=O. The van der Waals surface area contributed by atoms with Crippen LogP contribution in [0.2, 0.25) is 0 Å². The van der Waals surface area contributed by atoms with E-state index in [1.54, 1.807) is 6.07 Å². The number of benzene rings is 1. The Morgan fingerprint density at radius 1 is 1.32 bits per heavy atom. The third kappa shape index (κ3) is 2.34. The average Bonchev–Trinajstić information content (AvgIpc) is 2.74.